The Balaban J connectivity index is 2.09. The number of aliphatic carboxylic acids is 1. The smallest absolute Gasteiger partial charge is 0.344 e. The van der Waals surface area contributed by atoms with Gasteiger partial charge in [-0.05, 0) is 49.1 Å². The third-order valence-electron chi connectivity index (χ3n) is 3.05. The molecule has 1 aliphatic carbocycles. The van der Waals surface area contributed by atoms with E-state index in [0.717, 1.165) is 12.8 Å². The number of carboxylic acids is 1. The first-order valence-electron chi connectivity index (χ1n) is 5.92. The number of carbonyl (C=O) groups is 1. The number of hydrogen-bond acceptors (Lipinski definition) is 3. The second-order valence-corrected chi connectivity index (χ2v) is 4.31. The highest BCUT2D eigenvalue weighted by Crippen LogP contribution is 2.26. The van der Waals surface area contributed by atoms with Crippen LogP contribution >= 0.6 is 0 Å². The molecule has 0 aliphatic heterocycles. The van der Waals surface area contributed by atoms with E-state index >= 15 is 0 Å². The van der Waals surface area contributed by atoms with E-state index in [1.54, 1.807) is 0 Å². The van der Waals surface area contributed by atoms with E-state index in [0.29, 0.717) is 18.7 Å². The highest BCUT2D eigenvalue weighted by atomic mass is 16.5. The Morgan fingerprint density at radius 1 is 1.41 bits per heavy atom. The summed E-state index contributed by atoms with van der Waals surface area (Å²) >= 11 is 0. The van der Waals surface area contributed by atoms with E-state index in [4.69, 9.17) is 15.6 Å². The van der Waals surface area contributed by atoms with Gasteiger partial charge in [0.05, 0.1) is 0 Å². The molecule has 0 saturated carbocycles. The van der Waals surface area contributed by atoms with E-state index in [9.17, 15) is 4.79 Å². The summed E-state index contributed by atoms with van der Waals surface area (Å²) in [5, 5.41) is 8.98. The van der Waals surface area contributed by atoms with Crippen molar-refractivity contribution in [2.75, 3.05) is 6.54 Å². The standard InChI is InChI=1S/C13H17NO3/c14-7-6-12(13(15)16)17-11-5-4-9-2-1-3-10(9)8-11/h4-5,8,12H,1-3,6-7,14H2,(H,15,16). The van der Waals surface area contributed by atoms with Crippen molar-refractivity contribution < 1.29 is 14.6 Å². The van der Waals surface area contributed by atoms with Crippen molar-refractivity contribution >= 4 is 5.97 Å². The van der Waals surface area contributed by atoms with Gasteiger partial charge in [-0.3, -0.25) is 0 Å². The Morgan fingerprint density at radius 2 is 2.18 bits per heavy atom. The summed E-state index contributed by atoms with van der Waals surface area (Å²) in [5.41, 5.74) is 7.99. The molecule has 0 fully saturated rings. The molecule has 17 heavy (non-hydrogen) atoms. The fourth-order valence-electron chi connectivity index (χ4n) is 2.17. The molecule has 4 nitrogen and oxygen atoms in total. The predicted octanol–water partition coefficient (Wildman–Crippen LogP) is 1.36. The molecule has 3 N–H and O–H groups in total. The lowest BCUT2D eigenvalue weighted by atomic mass is 10.1. The number of aryl methyl sites for hydroxylation is 2. The van der Waals surface area contributed by atoms with Crippen LogP contribution in [0.25, 0.3) is 0 Å². The highest BCUT2D eigenvalue weighted by Gasteiger charge is 2.19. The summed E-state index contributed by atoms with van der Waals surface area (Å²) in [6.07, 6.45) is 2.82. The van der Waals surface area contributed by atoms with Gasteiger partial charge < -0.3 is 15.6 Å². The number of carboxylic acid groups (broad SMARTS) is 1. The molecule has 1 aromatic carbocycles. The molecule has 0 saturated heterocycles. The van der Waals surface area contributed by atoms with Gasteiger partial charge in [0, 0.05) is 6.42 Å². The average molecular weight is 235 g/mol. The molecule has 0 aromatic heterocycles. The van der Waals surface area contributed by atoms with E-state index in [1.807, 2.05) is 18.2 Å². The lowest BCUT2D eigenvalue weighted by Crippen LogP contribution is -2.29. The number of ether oxygens (including phenoxy) is 1. The van der Waals surface area contributed by atoms with Gasteiger partial charge in [0.25, 0.3) is 0 Å². The third-order valence-corrected chi connectivity index (χ3v) is 3.05. The zero-order chi connectivity index (χ0) is 12.3. The Morgan fingerprint density at radius 3 is 2.88 bits per heavy atom. The van der Waals surface area contributed by atoms with Gasteiger partial charge in [-0.15, -0.1) is 0 Å². The van der Waals surface area contributed by atoms with Crippen LogP contribution in [0.2, 0.25) is 0 Å². The quantitative estimate of drug-likeness (QED) is 0.808. The molecule has 0 amide bonds. The van der Waals surface area contributed by atoms with Crippen molar-refractivity contribution in [3.8, 4) is 5.75 Å². The maximum Gasteiger partial charge on any atom is 0.344 e. The van der Waals surface area contributed by atoms with Gasteiger partial charge in [0.1, 0.15) is 5.75 Å². The summed E-state index contributed by atoms with van der Waals surface area (Å²) in [7, 11) is 0. The first-order valence-corrected chi connectivity index (χ1v) is 5.92. The van der Waals surface area contributed by atoms with Crippen LogP contribution < -0.4 is 10.5 Å². The fourth-order valence-corrected chi connectivity index (χ4v) is 2.17. The molecule has 2 rings (SSSR count). The molecule has 1 unspecified atom stereocenters. The summed E-state index contributed by atoms with van der Waals surface area (Å²) in [6.45, 7) is 0.307. The van der Waals surface area contributed by atoms with Crippen LogP contribution in [-0.4, -0.2) is 23.7 Å². The van der Waals surface area contributed by atoms with Gasteiger partial charge in [-0.1, -0.05) is 6.07 Å². The van der Waals surface area contributed by atoms with Gasteiger partial charge in [-0.25, -0.2) is 4.79 Å². The number of benzene rings is 1. The minimum Gasteiger partial charge on any atom is -0.479 e. The highest BCUT2D eigenvalue weighted by molar-refractivity contribution is 5.72. The molecule has 4 heteroatoms. The molecule has 1 atom stereocenters. The van der Waals surface area contributed by atoms with Gasteiger partial charge in [-0.2, -0.15) is 0 Å². The molecule has 0 spiro atoms. The van der Waals surface area contributed by atoms with Crippen molar-refractivity contribution in [3.63, 3.8) is 0 Å². The van der Waals surface area contributed by atoms with Crippen molar-refractivity contribution in [2.45, 2.75) is 31.8 Å². The monoisotopic (exact) mass is 235 g/mol. The van der Waals surface area contributed by atoms with Gasteiger partial charge >= 0.3 is 5.97 Å². The average Bonchev–Trinajstić information content (AvgIpc) is 2.75. The van der Waals surface area contributed by atoms with Crippen LogP contribution in [0.1, 0.15) is 24.0 Å². The minimum atomic E-state index is -0.962. The normalized spacial score (nSPS) is 15.4. The van der Waals surface area contributed by atoms with Gasteiger partial charge in [0.15, 0.2) is 6.10 Å². The molecule has 0 radical (unpaired) electrons. The molecule has 1 aliphatic rings. The predicted molar refractivity (Wildman–Crippen MR) is 64.2 cm³/mol. The molecule has 0 heterocycles. The zero-order valence-electron chi connectivity index (χ0n) is 9.69. The molecule has 0 bridgehead atoms. The Hall–Kier alpha value is -1.55. The lowest BCUT2D eigenvalue weighted by molar-refractivity contribution is -0.145. The fraction of sp³-hybridized carbons (Fsp3) is 0.462. The van der Waals surface area contributed by atoms with E-state index in [2.05, 4.69) is 0 Å². The number of fused-ring (bicyclic) bond motifs is 1. The van der Waals surface area contributed by atoms with Crippen LogP contribution in [0.5, 0.6) is 5.75 Å². The van der Waals surface area contributed by atoms with Crippen molar-refractivity contribution in [3.05, 3.63) is 29.3 Å². The SMILES string of the molecule is NCCC(Oc1ccc2c(c1)CCC2)C(=O)O. The number of hydrogen-bond donors (Lipinski definition) is 2. The maximum absolute atomic E-state index is 10.9. The molecule has 1 aromatic rings. The first kappa shape index (κ1) is 11.9. The summed E-state index contributed by atoms with van der Waals surface area (Å²) in [5.74, 6) is -0.331. The van der Waals surface area contributed by atoms with Crippen LogP contribution in [0.15, 0.2) is 18.2 Å². The Labute approximate surface area is 100 Å². The van der Waals surface area contributed by atoms with E-state index < -0.39 is 12.1 Å². The van der Waals surface area contributed by atoms with Gasteiger partial charge in [0.2, 0.25) is 0 Å². The molecule has 92 valence electrons. The summed E-state index contributed by atoms with van der Waals surface area (Å²) in [4.78, 5) is 10.9. The lowest BCUT2D eigenvalue weighted by Gasteiger charge is -2.15. The second kappa shape index (κ2) is 5.19. The molecular weight excluding hydrogens is 218 g/mol. The molecular formula is C13H17NO3. The minimum absolute atomic E-state index is 0.307. The Bertz CT molecular complexity index is 417. The van der Waals surface area contributed by atoms with Crippen molar-refractivity contribution in [2.24, 2.45) is 5.73 Å². The topological polar surface area (TPSA) is 72.5 Å². The first-order chi connectivity index (χ1) is 8.20. The van der Waals surface area contributed by atoms with Crippen molar-refractivity contribution in [1.82, 2.24) is 0 Å². The van der Waals surface area contributed by atoms with E-state index in [1.165, 1.54) is 17.5 Å². The number of rotatable bonds is 5. The Kier molecular flexibility index (Phi) is 3.64. The largest absolute Gasteiger partial charge is 0.479 e. The van der Waals surface area contributed by atoms with Crippen LogP contribution in [0, 0.1) is 0 Å². The maximum atomic E-state index is 10.9. The summed E-state index contributed by atoms with van der Waals surface area (Å²) in [6, 6.07) is 5.82. The van der Waals surface area contributed by atoms with Crippen LogP contribution in [-0.2, 0) is 17.6 Å². The summed E-state index contributed by atoms with van der Waals surface area (Å²) < 4.78 is 5.46. The zero-order valence-corrected chi connectivity index (χ0v) is 9.69. The third kappa shape index (κ3) is 2.77. The van der Waals surface area contributed by atoms with E-state index in [-0.39, 0.29) is 0 Å². The second-order valence-electron chi connectivity index (χ2n) is 4.31. The van der Waals surface area contributed by atoms with Crippen LogP contribution in [0.4, 0.5) is 0 Å². The van der Waals surface area contributed by atoms with Crippen molar-refractivity contribution in [1.29, 1.82) is 0 Å². The number of nitrogens with two attached hydrogens (primary N) is 1. The van der Waals surface area contributed by atoms with Crippen LogP contribution in [0.3, 0.4) is 0 Å².